The minimum absolute atomic E-state index is 0.422. The molecule has 3 N–H and O–H groups in total. The molecule has 104 valence electrons. The Morgan fingerprint density at radius 2 is 2.21 bits per heavy atom. The van der Waals surface area contributed by atoms with Gasteiger partial charge in [0, 0.05) is 21.8 Å². The summed E-state index contributed by atoms with van der Waals surface area (Å²) < 4.78 is 0.958. The Morgan fingerprint density at radius 3 is 2.84 bits per heavy atom. The van der Waals surface area contributed by atoms with Gasteiger partial charge in [-0.15, -0.1) is 0 Å². The second kappa shape index (κ2) is 5.80. The van der Waals surface area contributed by atoms with Crippen molar-refractivity contribution in [2.75, 3.05) is 5.32 Å². The maximum absolute atomic E-state index is 5.84. The molecule has 1 fully saturated rings. The van der Waals surface area contributed by atoms with Crippen molar-refractivity contribution in [2.45, 2.75) is 45.6 Å². The number of rotatable bonds is 3. The Morgan fingerprint density at radius 1 is 1.47 bits per heavy atom. The molecule has 1 aliphatic carbocycles. The van der Waals surface area contributed by atoms with Crippen molar-refractivity contribution >= 4 is 38.8 Å². The average Bonchev–Trinajstić information content (AvgIpc) is 2.26. The molecule has 2 rings (SSSR count). The zero-order chi connectivity index (χ0) is 14.0. The van der Waals surface area contributed by atoms with Crippen LogP contribution in [0.3, 0.4) is 0 Å². The Balaban J connectivity index is 2.19. The molecule has 1 aromatic rings. The lowest BCUT2D eigenvalue weighted by atomic mass is 9.75. The minimum Gasteiger partial charge on any atom is -0.389 e. The molecular weight excluding hydrogens is 320 g/mol. The Bertz CT molecular complexity index is 485. The van der Waals surface area contributed by atoms with E-state index in [0.717, 1.165) is 15.7 Å². The number of benzene rings is 1. The van der Waals surface area contributed by atoms with Gasteiger partial charge in [-0.3, -0.25) is 0 Å². The van der Waals surface area contributed by atoms with Gasteiger partial charge in [0.2, 0.25) is 0 Å². The van der Waals surface area contributed by atoms with E-state index in [1.807, 2.05) is 12.1 Å². The normalized spacial score (nSPS) is 21.9. The monoisotopic (exact) mass is 340 g/mol. The summed E-state index contributed by atoms with van der Waals surface area (Å²) in [5.41, 5.74) is 8.22. The largest absolute Gasteiger partial charge is 0.389 e. The van der Waals surface area contributed by atoms with Gasteiger partial charge in [0.1, 0.15) is 4.99 Å². The van der Waals surface area contributed by atoms with Gasteiger partial charge in [0.05, 0.1) is 0 Å². The minimum atomic E-state index is 0.422. The van der Waals surface area contributed by atoms with E-state index in [1.165, 1.54) is 25.7 Å². The molecule has 0 bridgehead atoms. The summed E-state index contributed by atoms with van der Waals surface area (Å²) in [6, 6.07) is 6.55. The maximum atomic E-state index is 5.84. The van der Waals surface area contributed by atoms with Gasteiger partial charge in [-0.1, -0.05) is 38.6 Å². The van der Waals surface area contributed by atoms with Crippen molar-refractivity contribution in [3.63, 3.8) is 0 Å². The van der Waals surface area contributed by atoms with Crippen molar-refractivity contribution in [3.8, 4) is 0 Å². The fourth-order valence-corrected chi connectivity index (χ4v) is 3.87. The Hall–Kier alpha value is -0.610. The van der Waals surface area contributed by atoms with Gasteiger partial charge in [-0.25, -0.2) is 0 Å². The van der Waals surface area contributed by atoms with Crippen LogP contribution < -0.4 is 11.1 Å². The van der Waals surface area contributed by atoms with E-state index in [0.29, 0.717) is 16.4 Å². The maximum Gasteiger partial charge on any atom is 0.107 e. The molecule has 1 saturated carbocycles. The Kier molecular flexibility index (Phi) is 4.51. The third-order valence-electron chi connectivity index (χ3n) is 3.82. The van der Waals surface area contributed by atoms with E-state index in [9.17, 15) is 0 Å². The van der Waals surface area contributed by atoms with E-state index in [-0.39, 0.29) is 0 Å². The smallest absolute Gasteiger partial charge is 0.107 e. The first-order chi connectivity index (χ1) is 8.89. The summed E-state index contributed by atoms with van der Waals surface area (Å²) in [5, 5.41) is 3.63. The molecule has 0 heterocycles. The molecule has 4 heteroatoms. The lowest BCUT2D eigenvalue weighted by molar-refractivity contribution is 0.229. The summed E-state index contributed by atoms with van der Waals surface area (Å²) in [5.74, 6) is 0. The highest BCUT2D eigenvalue weighted by Crippen LogP contribution is 2.37. The highest BCUT2D eigenvalue weighted by molar-refractivity contribution is 9.10. The lowest BCUT2D eigenvalue weighted by Crippen LogP contribution is -2.32. The van der Waals surface area contributed by atoms with Crippen molar-refractivity contribution < 1.29 is 0 Å². The number of hydrogen-bond donors (Lipinski definition) is 2. The molecule has 1 unspecified atom stereocenters. The van der Waals surface area contributed by atoms with Gasteiger partial charge < -0.3 is 11.1 Å². The lowest BCUT2D eigenvalue weighted by Gasteiger charge is -2.36. The van der Waals surface area contributed by atoms with Gasteiger partial charge in [0.25, 0.3) is 0 Å². The molecule has 1 aromatic carbocycles. The van der Waals surface area contributed by atoms with E-state index in [2.05, 4.69) is 41.2 Å². The number of hydrogen-bond acceptors (Lipinski definition) is 2. The van der Waals surface area contributed by atoms with Gasteiger partial charge in [-0.05, 0) is 52.7 Å². The summed E-state index contributed by atoms with van der Waals surface area (Å²) in [7, 11) is 0. The van der Waals surface area contributed by atoms with Gasteiger partial charge >= 0.3 is 0 Å². The fourth-order valence-electron chi connectivity index (χ4n) is 2.94. The van der Waals surface area contributed by atoms with E-state index >= 15 is 0 Å². The van der Waals surface area contributed by atoms with Crippen LogP contribution in [-0.4, -0.2) is 11.0 Å². The first kappa shape index (κ1) is 14.8. The van der Waals surface area contributed by atoms with Crippen LogP contribution in [-0.2, 0) is 0 Å². The fraction of sp³-hybridized carbons (Fsp3) is 0.533. The number of halogens is 1. The van der Waals surface area contributed by atoms with Crippen LogP contribution in [0.25, 0.3) is 0 Å². The van der Waals surface area contributed by atoms with Crippen LogP contribution in [0.5, 0.6) is 0 Å². The van der Waals surface area contributed by atoms with E-state index in [1.54, 1.807) is 0 Å². The SMILES string of the molecule is CC1(C)CCCC(Nc2cccc(Br)c2C(N)=S)C1. The molecule has 0 amide bonds. The molecule has 0 spiro atoms. The number of nitrogens with one attached hydrogen (secondary N) is 1. The second-order valence-electron chi connectivity index (χ2n) is 6.13. The summed E-state index contributed by atoms with van der Waals surface area (Å²) in [6.45, 7) is 4.69. The Labute approximate surface area is 129 Å². The summed E-state index contributed by atoms with van der Waals surface area (Å²) in [4.78, 5) is 0.435. The van der Waals surface area contributed by atoms with Crippen LogP contribution in [0.1, 0.15) is 45.1 Å². The summed E-state index contributed by atoms with van der Waals surface area (Å²) >= 11 is 8.69. The summed E-state index contributed by atoms with van der Waals surface area (Å²) in [6.07, 6.45) is 5.00. The third kappa shape index (κ3) is 3.69. The highest BCUT2D eigenvalue weighted by Gasteiger charge is 2.28. The molecule has 0 aromatic heterocycles. The molecule has 0 saturated heterocycles. The molecule has 1 aliphatic rings. The molecular formula is C15H21BrN2S. The van der Waals surface area contributed by atoms with Crippen LogP contribution >= 0.6 is 28.1 Å². The zero-order valence-electron chi connectivity index (χ0n) is 11.5. The highest BCUT2D eigenvalue weighted by atomic mass is 79.9. The van der Waals surface area contributed by atoms with Gasteiger partial charge in [0.15, 0.2) is 0 Å². The van der Waals surface area contributed by atoms with Crippen molar-refractivity contribution in [2.24, 2.45) is 11.1 Å². The first-order valence-corrected chi connectivity index (χ1v) is 7.94. The van der Waals surface area contributed by atoms with E-state index < -0.39 is 0 Å². The molecule has 0 radical (unpaired) electrons. The second-order valence-corrected chi connectivity index (χ2v) is 7.42. The zero-order valence-corrected chi connectivity index (χ0v) is 13.9. The van der Waals surface area contributed by atoms with Crippen molar-refractivity contribution in [3.05, 3.63) is 28.2 Å². The first-order valence-electron chi connectivity index (χ1n) is 6.74. The molecule has 1 atom stereocenters. The number of anilines is 1. The van der Waals surface area contributed by atoms with Crippen molar-refractivity contribution in [1.82, 2.24) is 0 Å². The van der Waals surface area contributed by atoms with Gasteiger partial charge in [-0.2, -0.15) is 0 Å². The average molecular weight is 341 g/mol. The quantitative estimate of drug-likeness (QED) is 0.797. The number of nitrogens with two attached hydrogens (primary N) is 1. The standard InChI is InChI=1S/C15H21BrN2S/c1-15(2)8-4-5-10(9-15)18-12-7-3-6-11(16)13(12)14(17)19/h3,6-7,10,18H,4-5,8-9H2,1-2H3,(H2,17,19). The van der Waals surface area contributed by atoms with E-state index in [4.69, 9.17) is 18.0 Å². The van der Waals surface area contributed by atoms with Crippen LogP contribution in [0, 0.1) is 5.41 Å². The molecule has 0 aliphatic heterocycles. The molecule has 2 nitrogen and oxygen atoms in total. The third-order valence-corrected chi connectivity index (χ3v) is 4.69. The number of thiocarbonyl (C=S) groups is 1. The van der Waals surface area contributed by atoms with Crippen LogP contribution in [0.4, 0.5) is 5.69 Å². The topological polar surface area (TPSA) is 38.0 Å². The van der Waals surface area contributed by atoms with Crippen molar-refractivity contribution in [1.29, 1.82) is 0 Å². The molecule has 19 heavy (non-hydrogen) atoms. The predicted molar refractivity (Wildman–Crippen MR) is 89.7 cm³/mol. The predicted octanol–water partition coefficient (Wildman–Crippen LogP) is 4.46. The van der Waals surface area contributed by atoms with Crippen LogP contribution in [0.15, 0.2) is 22.7 Å². The van der Waals surface area contributed by atoms with Crippen LogP contribution in [0.2, 0.25) is 0 Å².